The maximum atomic E-state index is 6.07. The molecule has 0 aliphatic carbocycles. The van der Waals surface area contributed by atoms with Gasteiger partial charge in [0.05, 0.1) is 0 Å². The first kappa shape index (κ1) is 16.2. The lowest BCUT2D eigenvalue weighted by Crippen LogP contribution is -2.42. The number of hydrogen-bond donors (Lipinski definition) is 1. The SMILES string of the molecule is C#CCOc1ccc(CCN=C(N)N2CCC(C)CC2)cc1. The van der Waals surface area contributed by atoms with Gasteiger partial charge in [0.2, 0.25) is 0 Å². The van der Waals surface area contributed by atoms with Crippen molar-refractivity contribution in [2.75, 3.05) is 26.2 Å². The summed E-state index contributed by atoms with van der Waals surface area (Å²) in [7, 11) is 0. The number of rotatable bonds is 5. The first-order valence-electron chi connectivity index (χ1n) is 7.89. The van der Waals surface area contributed by atoms with Gasteiger partial charge in [-0.25, -0.2) is 0 Å². The number of nitrogens with zero attached hydrogens (tertiary/aromatic N) is 2. The molecular weight excluding hydrogens is 274 g/mol. The van der Waals surface area contributed by atoms with Crippen molar-refractivity contribution in [3.05, 3.63) is 29.8 Å². The second kappa shape index (κ2) is 8.33. The van der Waals surface area contributed by atoms with E-state index in [1.54, 1.807) is 0 Å². The molecule has 2 rings (SSSR count). The van der Waals surface area contributed by atoms with E-state index in [0.717, 1.165) is 31.2 Å². The van der Waals surface area contributed by atoms with E-state index >= 15 is 0 Å². The first-order valence-corrected chi connectivity index (χ1v) is 7.89. The first-order chi connectivity index (χ1) is 10.7. The maximum Gasteiger partial charge on any atom is 0.191 e. The predicted molar refractivity (Wildman–Crippen MR) is 90.9 cm³/mol. The Bertz CT molecular complexity index is 522. The summed E-state index contributed by atoms with van der Waals surface area (Å²) in [6.07, 6.45) is 8.45. The zero-order valence-corrected chi connectivity index (χ0v) is 13.3. The van der Waals surface area contributed by atoms with Crippen molar-refractivity contribution in [2.24, 2.45) is 16.6 Å². The summed E-state index contributed by atoms with van der Waals surface area (Å²) >= 11 is 0. The van der Waals surface area contributed by atoms with E-state index in [1.807, 2.05) is 24.3 Å². The Hall–Kier alpha value is -2.15. The molecule has 1 aromatic carbocycles. The molecule has 1 saturated heterocycles. The normalized spacial score (nSPS) is 16.4. The Morgan fingerprint density at radius 3 is 2.68 bits per heavy atom. The minimum Gasteiger partial charge on any atom is -0.481 e. The molecule has 0 radical (unpaired) electrons. The van der Waals surface area contributed by atoms with Crippen LogP contribution in [0.5, 0.6) is 5.75 Å². The molecule has 1 fully saturated rings. The van der Waals surface area contributed by atoms with Gasteiger partial charge in [0, 0.05) is 19.6 Å². The number of guanidine groups is 1. The molecule has 118 valence electrons. The number of likely N-dealkylation sites (tertiary alicyclic amines) is 1. The lowest BCUT2D eigenvalue weighted by Gasteiger charge is -2.31. The number of ether oxygens (including phenoxy) is 1. The highest BCUT2D eigenvalue weighted by Gasteiger charge is 2.16. The van der Waals surface area contributed by atoms with Crippen molar-refractivity contribution < 1.29 is 4.74 Å². The monoisotopic (exact) mass is 299 g/mol. The Kier molecular flexibility index (Phi) is 6.14. The average Bonchev–Trinajstić information content (AvgIpc) is 2.54. The second-order valence-corrected chi connectivity index (χ2v) is 5.80. The van der Waals surface area contributed by atoms with Crippen LogP contribution in [0.25, 0.3) is 0 Å². The van der Waals surface area contributed by atoms with Gasteiger partial charge in [-0.3, -0.25) is 4.99 Å². The lowest BCUT2D eigenvalue weighted by molar-refractivity contribution is 0.277. The highest BCUT2D eigenvalue weighted by Crippen LogP contribution is 2.15. The zero-order chi connectivity index (χ0) is 15.8. The molecule has 4 heteroatoms. The number of hydrogen-bond acceptors (Lipinski definition) is 2. The molecule has 1 aliphatic rings. The van der Waals surface area contributed by atoms with E-state index in [2.05, 4.69) is 22.7 Å². The molecule has 1 heterocycles. The molecule has 22 heavy (non-hydrogen) atoms. The second-order valence-electron chi connectivity index (χ2n) is 5.80. The molecule has 0 saturated carbocycles. The van der Waals surface area contributed by atoms with E-state index < -0.39 is 0 Å². The average molecular weight is 299 g/mol. The summed E-state index contributed by atoms with van der Waals surface area (Å²) in [5, 5.41) is 0. The molecule has 4 nitrogen and oxygen atoms in total. The van der Waals surface area contributed by atoms with Gasteiger partial charge in [-0.15, -0.1) is 6.42 Å². The van der Waals surface area contributed by atoms with Gasteiger partial charge in [0.1, 0.15) is 12.4 Å². The Morgan fingerprint density at radius 2 is 2.05 bits per heavy atom. The Labute approximate surface area is 133 Å². The Balaban J connectivity index is 1.77. The molecule has 1 aliphatic heterocycles. The third-order valence-electron chi connectivity index (χ3n) is 4.03. The van der Waals surface area contributed by atoms with Gasteiger partial charge < -0.3 is 15.4 Å². The van der Waals surface area contributed by atoms with E-state index in [9.17, 15) is 0 Å². The summed E-state index contributed by atoms with van der Waals surface area (Å²) in [5.41, 5.74) is 7.29. The van der Waals surface area contributed by atoms with Crippen LogP contribution in [0.2, 0.25) is 0 Å². The molecule has 0 unspecified atom stereocenters. The van der Waals surface area contributed by atoms with Crippen molar-refractivity contribution in [1.29, 1.82) is 0 Å². The molecule has 0 spiro atoms. The van der Waals surface area contributed by atoms with Gasteiger partial charge in [-0.05, 0) is 42.9 Å². The van der Waals surface area contributed by atoms with Crippen molar-refractivity contribution in [3.8, 4) is 18.1 Å². The van der Waals surface area contributed by atoms with E-state index in [0.29, 0.717) is 19.1 Å². The summed E-state index contributed by atoms with van der Waals surface area (Å²) in [6.45, 7) is 5.36. The smallest absolute Gasteiger partial charge is 0.191 e. The van der Waals surface area contributed by atoms with Crippen molar-refractivity contribution >= 4 is 5.96 Å². The fourth-order valence-corrected chi connectivity index (χ4v) is 2.51. The highest BCUT2D eigenvalue weighted by atomic mass is 16.5. The van der Waals surface area contributed by atoms with Crippen LogP contribution in [0, 0.1) is 18.3 Å². The summed E-state index contributed by atoms with van der Waals surface area (Å²) in [5.74, 6) is 4.74. The van der Waals surface area contributed by atoms with Crippen molar-refractivity contribution in [2.45, 2.75) is 26.2 Å². The minimum atomic E-state index is 0.300. The molecule has 0 amide bonds. The quantitative estimate of drug-likeness (QED) is 0.515. The zero-order valence-electron chi connectivity index (χ0n) is 13.3. The minimum absolute atomic E-state index is 0.300. The van der Waals surface area contributed by atoms with Crippen molar-refractivity contribution in [1.82, 2.24) is 4.90 Å². The van der Waals surface area contributed by atoms with Crippen molar-refractivity contribution in [3.63, 3.8) is 0 Å². The highest BCUT2D eigenvalue weighted by molar-refractivity contribution is 5.78. The van der Waals surface area contributed by atoms with Gasteiger partial charge in [-0.1, -0.05) is 25.0 Å². The number of benzene rings is 1. The van der Waals surface area contributed by atoms with Crippen LogP contribution in [0.15, 0.2) is 29.3 Å². The van der Waals surface area contributed by atoms with Crippen LogP contribution >= 0.6 is 0 Å². The largest absolute Gasteiger partial charge is 0.481 e. The molecule has 2 N–H and O–H groups in total. The fraction of sp³-hybridized carbons (Fsp3) is 0.500. The molecular formula is C18H25N3O. The predicted octanol–water partition coefficient (Wildman–Crippen LogP) is 2.29. The molecule has 0 bridgehead atoms. The van der Waals surface area contributed by atoms with Gasteiger partial charge in [0.15, 0.2) is 5.96 Å². The number of piperidine rings is 1. The summed E-state index contributed by atoms with van der Waals surface area (Å²) in [4.78, 5) is 6.69. The lowest BCUT2D eigenvalue weighted by atomic mass is 10.00. The third kappa shape index (κ3) is 5.00. The summed E-state index contributed by atoms with van der Waals surface area (Å²) < 4.78 is 5.35. The Morgan fingerprint density at radius 1 is 1.36 bits per heavy atom. The van der Waals surface area contributed by atoms with Gasteiger partial charge >= 0.3 is 0 Å². The number of terminal acetylenes is 1. The molecule has 0 aromatic heterocycles. The van der Waals surface area contributed by atoms with Crippen LogP contribution in [0.3, 0.4) is 0 Å². The van der Waals surface area contributed by atoms with E-state index in [-0.39, 0.29) is 0 Å². The standard InChI is InChI=1S/C18H25N3O/c1-3-14-22-17-6-4-16(5-7-17)8-11-20-18(19)21-12-9-15(2)10-13-21/h1,4-7,15H,8-14H2,2H3,(H2,19,20). The van der Waals surface area contributed by atoms with E-state index in [1.165, 1.54) is 18.4 Å². The van der Waals surface area contributed by atoms with Crippen LogP contribution in [0.4, 0.5) is 0 Å². The molecule has 0 atom stereocenters. The summed E-state index contributed by atoms with van der Waals surface area (Å²) in [6, 6.07) is 7.96. The number of nitrogens with two attached hydrogens (primary N) is 1. The van der Waals surface area contributed by atoms with Crippen LogP contribution in [-0.4, -0.2) is 37.1 Å². The van der Waals surface area contributed by atoms with Crippen LogP contribution in [-0.2, 0) is 6.42 Å². The molecule has 1 aromatic rings. The van der Waals surface area contributed by atoms with Crippen LogP contribution in [0.1, 0.15) is 25.3 Å². The topological polar surface area (TPSA) is 50.9 Å². The number of aliphatic imine (C=N–C) groups is 1. The third-order valence-corrected chi connectivity index (χ3v) is 4.03. The van der Waals surface area contributed by atoms with Crippen LogP contribution < -0.4 is 10.5 Å². The van der Waals surface area contributed by atoms with Gasteiger partial charge in [-0.2, -0.15) is 0 Å². The fourth-order valence-electron chi connectivity index (χ4n) is 2.51. The maximum absolute atomic E-state index is 6.07. The van der Waals surface area contributed by atoms with Gasteiger partial charge in [0.25, 0.3) is 0 Å². The van der Waals surface area contributed by atoms with E-state index in [4.69, 9.17) is 16.9 Å².